The number of aromatic nitrogens is 1. The number of carbonyl (C=O) groups excluding carboxylic acids is 3. The molecule has 0 bridgehead atoms. The molecule has 1 fully saturated rings. The van der Waals surface area contributed by atoms with Gasteiger partial charge in [-0.25, -0.2) is 0 Å². The number of hydrogen-bond acceptors (Lipinski definition) is 5. The van der Waals surface area contributed by atoms with E-state index in [0.717, 1.165) is 44.9 Å². The molecule has 3 amide bonds. The van der Waals surface area contributed by atoms with Crippen LogP contribution in [0.1, 0.15) is 16.8 Å². The van der Waals surface area contributed by atoms with E-state index in [1.807, 2.05) is 67.1 Å². The third-order valence-corrected chi connectivity index (χ3v) is 6.10. The zero-order chi connectivity index (χ0) is 23.5. The summed E-state index contributed by atoms with van der Waals surface area (Å²) in [6.07, 6.45) is 3.57. The second-order valence-corrected chi connectivity index (χ2v) is 8.66. The van der Waals surface area contributed by atoms with E-state index in [1.165, 1.54) is 0 Å². The second-order valence-electron chi connectivity index (χ2n) is 7.66. The van der Waals surface area contributed by atoms with Gasteiger partial charge in [0, 0.05) is 23.3 Å². The van der Waals surface area contributed by atoms with Crippen molar-refractivity contribution >= 4 is 40.6 Å². The van der Waals surface area contributed by atoms with Crippen LogP contribution in [0.15, 0.2) is 65.7 Å². The van der Waals surface area contributed by atoms with Crippen molar-refractivity contribution in [2.75, 3.05) is 19.0 Å². The molecule has 0 atom stereocenters. The van der Waals surface area contributed by atoms with Crippen LogP contribution in [0.5, 0.6) is 5.75 Å². The Hall–Kier alpha value is -3.78. The van der Waals surface area contributed by atoms with E-state index in [0.29, 0.717) is 5.69 Å². The van der Waals surface area contributed by atoms with Gasteiger partial charge in [0.15, 0.2) is 0 Å². The first-order valence-corrected chi connectivity index (χ1v) is 11.1. The van der Waals surface area contributed by atoms with Crippen LogP contribution < -0.4 is 10.1 Å². The Labute approximate surface area is 196 Å². The third kappa shape index (κ3) is 5.01. The molecular weight excluding hydrogens is 438 g/mol. The topological polar surface area (TPSA) is 80.6 Å². The van der Waals surface area contributed by atoms with Gasteiger partial charge in [0.1, 0.15) is 12.3 Å². The van der Waals surface area contributed by atoms with E-state index in [4.69, 9.17) is 4.74 Å². The average Bonchev–Trinajstić information content (AvgIpc) is 3.29. The van der Waals surface area contributed by atoms with E-state index < -0.39 is 17.1 Å². The van der Waals surface area contributed by atoms with Crippen LogP contribution in [0.25, 0.3) is 11.8 Å². The fraction of sp³-hybridized carbons (Fsp3) is 0.160. The van der Waals surface area contributed by atoms with Gasteiger partial charge in [0.25, 0.3) is 11.1 Å². The molecule has 3 aromatic rings. The number of carbonyl (C=O) groups is 3. The van der Waals surface area contributed by atoms with Crippen molar-refractivity contribution in [1.82, 2.24) is 9.47 Å². The van der Waals surface area contributed by atoms with Gasteiger partial charge in [-0.15, -0.1) is 0 Å². The molecule has 168 valence electrons. The Kier molecular flexibility index (Phi) is 6.37. The Morgan fingerprint density at radius 3 is 2.42 bits per heavy atom. The Morgan fingerprint density at radius 1 is 1.06 bits per heavy atom. The zero-order valence-corrected chi connectivity index (χ0v) is 19.3. The predicted octanol–water partition coefficient (Wildman–Crippen LogP) is 4.78. The smallest absolute Gasteiger partial charge is 0.294 e. The molecule has 0 radical (unpaired) electrons. The van der Waals surface area contributed by atoms with Crippen LogP contribution in [-0.4, -0.2) is 40.2 Å². The van der Waals surface area contributed by atoms with Gasteiger partial charge in [-0.3, -0.25) is 19.3 Å². The minimum atomic E-state index is -0.473. The summed E-state index contributed by atoms with van der Waals surface area (Å²) in [6, 6.07) is 16.9. The highest BCUT2D eigenvalue weighted by atomic mass is 32.2. The number of benzene rings is 2. The van der Waals surface area contributed by atoms with E-state index in [2.05, 4.69) is 5.32 Å². The molecule has 0 saturated carbocycles. The molecule has 1 aliphatic rings. The van der Waals surface area contributed by atoms with Gasteiger partial charge in [-0.05, 0) is 79.7 Å². The highest BCUT2D eigenvalue weighted by molar-refractivity contribution is 8.18. The summed E-state index contributed by atoms with van der Waals surface area (Å²) in [4.78, 5) is 38.8. The monoisotopic (exact) mass is 461 g/mol. The number of methoxy groups -OCH3 is 1. The van der Waals surface area contributed by atoms with Crippen molar-refractivity contribution in [2.45, 2.75) is 13.8 Å². The fourth-order valence-electron chi connectivity index (χ4n) is 3.47. The van der Waals surface area contributed by atoms with E-state index in [1.54, 1.807) is 25.3 Å². The van der Waals surface area contributed by atoms with Gasteiger partial charge < -0.3 is 14.6 Å². The first-order chi connectivity index (χ1) is 15.8. The van der Waals surface area contributed by atoms with E-state index in [-0.39, 0.29) is 11.4 Å². The first kappa shape index (κ1) is 22.4. The molecule has 1 saturated heterocycles. The molecule has 0 spiro atoms. The number of thioether (sulfide) groups is 1. The summed E-state index contributed by atoms with van der Waals surface area (Å²) < 4.78 is 7.19. The molecule has 7 nitrogen and oxygen atoms in total. The van der Waals surface area contributed by atoms with Crippen molar-refractivity contribution in [3.8, 4) is 11.4 Å². The molecule has 1 aliphatic heterocycles. The molecule has 2 heterocycles. The van der Waals surface area contributed by atoms with Crippen molar-refractivity contribution in [3.63, 3.8) is 0 Å². The fourth-order valence-corrected chi connectivity index (χ4v) is 4.31. The van der Waals surface area contributed by atoms with Gasteiger partial charge in [0.2, 0.25) is 5.91 Å². The number of nitrogens with one attached hydrogen (secondary N) is 1. The molecule has 4 rings (SSSR count). The lowest BCUT2D eigenvalue weighted by Crippen LogP contribution is -2.36. The normalized spacial score (nSPS) is 14.8. The summed E-state index contributed by atoms with van der Waals surface area (Å²) in [7, 11) is 1.62. The number of anilines is 1. The number of ether oxygens (including phenoxy) is 1. The quantitative estimate of drug-likeness (QED) is 0.535. The largest absolute Gasteiger partial charge is 0.497 e. The number of imide groups is 1. The van der Waals surface area contributed by atoms with Crippen LogP contribution in [0.3, 0.4) is 0 Å². The molecule has 0 aliphatic carbocycles. The van der Waals surface area contributed by atoms with Crippen LogP contribution in [0, 0.1) is 13.8 Å². The number of nitrogens with zero attached hydrogens (tertiary/aromatic N) is 2. The molecular formula is C25H23N3O4S. The zero-order valence-electron chi connectivity index (χ0n) is 18.5. The summed E-state index contributed by atoms with van der Waals surface area (Å²) >= 11 is 0.835. The molecule has 2 aromatic carbocycles. The standard InChI is InChI=1S/C25H23N3O4S/c1-16-4-6-19(7-5-16)26-23(29)15-28-24(30)22(33-25(28)31)13-18-12-17(2)27(14-18)20-8-10-21(32-3)11-9-20/h4-14H,15H2,1-3H3,(H,26,29)/b22-13+. The van der Waals surface area contributed by atoms with Crippen LogP contribution >= 0.6 is 11.8 Å². The van der Waals surface area contributed by atoms with Crippen molar-refractivity contribution in [3.05, 3.63) is 82.5 Å². The Morgan fingerprint density at radius 2 is 1.76 bits per heavy atom. The maximum atomic E-state index is 12.8. The average molecular weight is 462 g/mol. The maximum absolute atomic E-state index is 12.8. The van der Waals surface area contributed by atoms with Crippen LogP contribution in [0.4, 0.5) is 10.5 Å². The summed E-state index contributed by atoms with van der Waals surface area (Å²) in [5.74, 6) is -0.133. The van der Waals surface area contributed by atoms with Crippen molar-refractivity contribution < 1.29 is 19.1 Å². The lowest BCUT2D eigenvalue weighted by Gasteiger charge is -2.12. The Balaban J connectivity index is 1.47. The van der Waals surface area contributed by atoms with Crippen molar-refractivity contribution in [1.29, 1.82) is 0 Å². The van der Waals surface area contributed by atoms with E-state index in [9.17, 15) is 14.4 Å². The van der Waals surface area contributed by atoms with Crippen LogP contribution in [-0.2, 0) is 9.59 Å². The van der Waals surface area contributed by atoms with Gasteiger partial charge >= 0.3 is 0 Å². The summed E-state index contributed by atoms with van der Waals surface area (Å²) in [5, 5.41) is 2.25. The molecule has 33 heavy (non-hydrogen) atoms. The lowest BCUT2D eigenvalue weighted by atomic mass is 10.2. The maximum Gasteiger partial charge on any atom is 0.294 e. The van der Waals surface area contributed by atoms with Crippen LogP contribution in [0.2, 0.25) is 0 Å². The highest BCUT2D eigenvalue weighted by Gasteiger charge is 2.36. The SMILES string of the molecule is COc1ccc(-n2cc(/C=C3/SC(=O)N(CC(=O)Nc4ccc(C)cc4)C3=O)cc2C)cc1. The molecule has 1 aromatic heterocycles. The van der Waals surface area contributed by atoms with Gasteiger partial charge in [-0.2, -0.15) is 0 Å². The predicted molar refractivity (Wildman–Crippen MR) is 130 cm³/mol. The number of rotatable bonds is 6. The third-order valence-electron chi connectivity index (χ3n) is 5.19. The highest BCUT2D eigenvalue weighted by Crippen LogP contribution is 2.32. The summed E-state index contributed by atoms with van der Waals surface area (Å²) in [5.41, 5.74) is 4.40. The lowest BCUT2D eigenvalue weighted by molar-refractivity contribution is -0.127. The molecule has 1 N–H and O–H groups in total. The Bertz CT molecular complexity index is 1240. The first-order valence-electron chi connectivity index (χ1n) is 10.3. The number of aryl methyl sites for hydroxylation is 2. The molecule has 8 heteroatoms. The molecule has 0 unspecified atom stereocenters. The number of amides is 3. The minimum Gasteiger partial charge on any atom is -0.497 e. The number of hydrogen-bond donors (Lipinski definition) is 1. The minimum absolute atomic E-state index is 0.287. The van der Waals surface area contributed by atoms with Gasteiger partial charge in [0.05, 0.1) is 12.0 Å². The summed E-state index contributed by atoms with van der Waals surface area (Å²) in [6.45, 7) is 3.58. The van der Waals surface area contributed by atoms with Crippen molar-refractivity contribution in [2.24, 2.45) is 0 Å². The van der Waals surface area contributed by atoms with E-state index >= 15 is 0 Å². The second kappa shape index (κ2) is 9.38. The van der Waals surface area contributed by atoms with Gasteiger partial charge in [-0.1, -0.05) is 17.7 Å².